The average molecular weight is 355 g/mol. The molecule has 1 aromatic heterocycles. The summed E-state index contributed by atoms with van der Waals surface area (Å²) in [4.78, 5) is 6.06. The average Bonchev–Trinajstić information content (AvgIpc) is 2.38. The van der Waals surface area contributed by atoms with Crippen molar-refractivity contribution in [2.75, 3.05) is 10.5 Å². The number of nitrogens with one attached hydrogen (secondary N) is 1. The van der Waals surface area contributed by atoms with Crippen LogP contribution < -0.4 is 10.5 Å². The molecule has 0 spiro atoms. The first-order valence-electron chi connectivity index (χ1n) is 5.15. The molecule has 0 aliphatic heterocycles. The maximum atomic E-state index is 13.6. The normalized spacial score (nSPS) is 11.4. The van der Waals surface area contributed by atoms with Gasteiger partial charge in [-0.05, 0) is 12.1 Å². The highest BCUT2D eigenvalue weighted by atomic mass is 35.5. The second-order valence-electron chi connectivity index (χ2n) is 3.75. The molecule has 21 heavy (non-hydrogen) atoms. The molecule has 0 atom stereocenters. The first kappa shape index (κ1) is 15.7. The van der Waals surface area contributed by atoms with Crippen LogP contribution in [0.4, 0.5) is 20.2 Å². The summed E-state index contributed by atoms with van der Waals surface area (Å²) in [6, 6.07) is 1.41. The molecule has 2 aromatic rings. The van der Waals surface area contributed by atoms with E-state index in [4.69, 9.17) is 28.9 Å². The minimum Gasteiger partial charge on any atom is -0.399 e. The number of sulfonamides is 1. The fourth-order valence-electron chi connectivity index (χ4n) is 1.40. The molecule has 0 radical (unpaired) electrons. The molecule has 0 aliphatic rings. The third-order valence-corrected chi connectivity index (χ3v) is 4.22. The lowest BCUT2D eigenvalue weighted by Crippen LogP contribution is -2.17. The molecule has 2 rings (SSSR count). The van der Waals surface area contributed by atoms with Crippen LogP contribution in [0.25, 0.3) is 0 Å². The molecule has 0 fully saturated rings. The van der Waals surface area contributed by atoms with Gasteiger partial charge in [-0.2, -0.15) is 0 Å². The van der Waals surface area contributed by atoms with Gasteiger partial charge in [0.25, 0.3) is 10.0 Å². The Balaban J connectivity index is 2.54. The third-order valence-electron chi connectivity index (χ3n) is 2.30. The second kappa shape index (κ2) is 5.58. The van der Waals surface area contributed by atoms with Gasteiger partial charge in [-0.15, -0.1) is 0 Å². The zero-order valence-corrected chi connectivity index (χ0v) is 12.3. The molecule has 6 nitrogen and oxygen atoms in total. The van der Waals surface area contributed by atoms with Crippen LogP contribution in [0.15, 0.2) is 23.4 Å². The van der Waals surface area contributed by atoms with E-state index in [1.165, 1.54) is 0 Å². The SMILES string of the molecule is Nc1cc(F)c(F)c(S(=O)(=O)Nc2c(Cl)ncnc2Cl)c1. The predicted molar refractivity (Wildman–Crippen MR) is 73.6 cm³/mol. The van der Waals surface area contributed by atoms with Crippen LogP contribution in [0.1, 0.15) is 0 Å². The number of hydrogen-bond acceptors (Lipinski definition) is 5. The summed E-state index contributed by atoms with van der Waals surface area (Å²) in [6.45, 7) is 0. The lowest BCUT2D eigenvalue weighted by atomic mass is 10.3. The quantitative estimate of drug-likeness (QED) is 0.651. The van der Waals surface area contributed by atoms with Gasteiger partial charge < -0.3 is 5.73 Å². The van der Waals surface area contributed by atoms with Gasteiger partial charge in [0, 0.05) is 5.69 Å². The Morgan fingerprint density at radius 2 is 1.71 bits per heavy atom. The van der Waals surface area contributed by atoms with Crippen molar-refractivity contribution in [1.82, 2.24) is 9.97 Å². The second-order valence-corrected chi connectivity index (χ2v) is 6.12. The minimum absolute atomic E-state index is 0.268. The number of nitrogens with zero attached hydrogens (tertiary/aromatic N) is 2. The number of benzene rings is 1. The number of rotatable bonds is 3. The minimum atomic E-state index is -4.53. The Kier molecular flexibility index (Phi) is 4.17. The van der Waals surface area contributed by atoms with E-state index in [0.29, 0.717) is 6.07 Å². The van der Waals surface area contributed by atoms with E-state index in [2.05, 4.69) is 9.97 Å². The summed E-state index contributed by atoms with van der Waals surface area (Å²) in [7, 11) is -4.53. The maximum Gasteiger partial charge on any atom is 0.265 e. The smallest absolute Gasteiger partial charge is 0.265 e. The number of anilines is 2. The van der Waals surface area contributed by atoms with E-state index in [0.717, 1.165) is 12.4 Å². The molecular weight excluding hydrogens is 349 g/mol. The molecule has 0 saturated heterocycles. The van der Waals surface area contributed by atoms with Gasteiger partial charge in [-0.3, -0.25) is 4.72 Å². The Labute approximate surface area is 128 Å². The number of aromatic nitrogens is 2. The van der Waals surface area contributed by atoms with Gasteiger partial charge in [0.1, 0.15) is 16.9 Å². The van der Waals surface area contributed by atoms with Crippen LogP contribution in [-0.4, -0.2) is 18.4 Å². The molecule has 1 aromatic carbocycles. The van der Waals surface area contributed by atoms with Crippen LogP contribution >= 0.6 is 23.2 Å². The molecule has 3 N–H and O–H groups in total. The van der Waals surface area contributed by atoms with Crippen molar-refractivity contribution in [1.29, 1.82) is 0 Å². The summed E-state index contributed by atoms with van der Waals surface area (Å²) in [5, 5.41) is -0.605. The predicted octanol–water partition coefficient (Wildman–Crippen LogP) is 2.44. The van der Waals surface area contributed by atoms with Crippen LogP contribution in [0.3, 0.4) is 0 Å². The lowest BCUT2D eigenvalue weighted by Gasteiger charge is -2.11. The lowest BCUT2D eigenvalue weighted by molar-refractivity contribution is 0.486. The highest BCUT2D eigenvalue weighted by Gasteiger charge is 2.25. The van der Waals surface area contributed by atoms with Crippen molar-refractivity contribution < 1.29 is 17.2 Å². The Bertz CT molecular complexity index is 797. The summed E-state index contributed by atoms with van der Waals surface area (Å²) in [5.41, 5.74) is 4.68. The molecule has 1 heterocycles. The van der Waals surface area contributed by atoms with E-state index >= 15 is 0 Å². The summed E-state index contributed by atoms with van der Waals surface area (Å²) >= 11 is 11.3. The van der Waals surface area contributed by atoms with Crippen molar-refractivity contribution in [2.45, 2.75) is 4.90 Å². The first-order chi connectivity index (χ1) is 9.72. The summed E-state index contributed by atoms with van der Waals surface area (Å²) in [5.74, 6) is -2.99. The fourth-order valence-corrected chi connectivity index (χ4v) is 3.12. The van der Waals surface area contributed by atoms with Crippen molar-refractivity contribution >= 4 is 44.6 Å². The molecular formula is C10H6Cl2F2N4O2S. The molecule has 11 heteroatoms. The molecule has 0 bridgehead atoms. The third kappa shape index (κ3) is 3.14. The Morgan fingerprint density at radius 3 is 2.29 bits per heavy atom. The van der Waals surface area contributed by atoms with Crippen molar-refractivity contribution in [3.8, 4) is 0 Å². The van der Waals surface area contributed by atoms with E-state index in [1.54, 1.807) is 0 Å². The van der Waals surface area contributed by atoms with Gasteiger partial charge >= 0.3 is 0 Å². The standard InChI is InChI=1S/C10H6Cl2F2N4O2S/c11-9-8(10(12)17-3-16-9)18-21(19,20)6-2-4(15)1-5(13)7(6)14/h1-3,18H,15H2. The largest absolute Gasteiger partial charge is 0.399 e. The van der Waals surface area contributed by atoms with E-state index in [-0.39, 0.29) is 21.7 Å². The molecule has 0 aliphatic carbocycles. The summed E-state index contributed by atoms with van der Waals surface area (Å²) < 4.78 is 52.9. The van der Waals surface area contributed by atoms with E-state index in [9.17, 15) is 17.2 Å². The van der Waals surface area contributed by atoms with Crippen LogP contribution in [0.2, 0.25) is 10.3 Å². The van der Waals surface area contributed by atoms with Gasteiger partial charge in [-0.25, -0.2) is 27.2 Å². The number of hydrogen-bond donors (Lipinski definition) is 2. The van der Waals surface area contributed by atoms with Gasteiger partial charge in [0.15, 0.2) is 21.9 Å². The van der Waals surface area contributed by atoms with Crippen molar-refractivity contribution in [3.05, 3.63) is 40.4 Å². The van der Waals surface area contributed by atoms with Crippen LogP contribution in [-0.2, 0) is 10.0 Å². The fraction of sp³-hybridized carbons (Fsp3) is 0. The molecule has 0 amide bonds. The van der Waals surface area contributed by atoms with E-state index < -0.39 is 26.6 Å². The highest BCUT2D eigenvalue weighted by Crippen LogP contribution is 2.30. The zero-order chi connectivity index (χ0) is 15.8. The monoisotopic (exact) mass is 354 g/mol. The van der Waals surface area contributed by atoms with E-state index in [1.807, 2.05) is 4.72 Å². The molecule has 112 valence electrons. The number of halogens is 4. The van der Waals surface area contributed by atoms with Crippen molar-refractivity contribution in [2.24, 2.45) is 0 Å². The zero-order valence-electron chi connectivity index (χ0n) is 9.94. The summed E-state index contributed by atoms with van der Waals surface area (Å²) in [6.07, 6.45) is 1.00. The Morgan fingerprint density at radius 1 is 1.14 bits per heavy atom. The van der Waals surface area contributed by atoms with Gasteiger partial charge in [0.05, 0.1) is 0 Å². The number of nitrogen functional groups attached to an aromatic ring is 1. The van der Waals surface area contributed by atoms with Gasteiger partial charge in [0.2, 0.25) is 0 Å². The van der Waals surface area contributed by atoms with Crippen molar-refractivity contribution in [3.63, 3.8) is 0 Å². The maximum absolute atomic E-state index is 13.6. The molecule has 0 saturated carbocycles. The first-order valence-corrected chi connectivity index (χ1v) is 7.39. The van der Waals surface area contributed by atoms with Crippen LogP contribution in [0, 0.1) is 11.6 Å². The highest BCUT2D eigenvalue weighted by molar-refractivity contribution is 7.92. The Hall–Kier alpha value is -1.71. The van der Waals surface area contributed by atoms with Gasteiger partial charge in [-0.1, -0.05) is 23.2 Å². The number of nitrogens with two attached hydrogens (primary N) is 1. The topological polar surface area (TPSA) is 98.0 Å². The molecule has 0 unspecified atom stereocenters. The van der Waals surface area contributed by atoms with Crippen LogP contribution in [0.5, 0.6) is 0 Å².